The van der Waals surface area contributed by atoms with Gasteiger partial charge in [-0.15, -0.1) is 0 Å². The Balaban J connectivity index is 3.14. The van der Waals surface area contributed by atoms with Gasteiger partial charge in [0.1, 0.15) is 10.5 Å². The highest BCUT2D eigenvalue weighted by Crippen LogP contribution is 2.36. The zero-order chi connectivity index (χ0) is 28.3. The molecule has 0 aromatic heterocycles. The fraction of sp³-hybridized carbons (Fsp3) is 0.652. The lowest BCUT2D eigenvalue weighted by Gasteiger charge is -2.41. The topological polar surface area (TPSA) is 55.4 Å². The molecule has 36 heavy (non-hydrogen) atoms. The zero-order valence-corrected chi connectivity index (χ0v) is 34.7. The Morgan fingerprint density at radius 3 is 1.50 bits per heavy atom. The molecule has 0 saturated carbocycles. The number of hydrogen-bond donors (Lipinski definition) is 0. The van der Waals surface area contributed by atoms with Crippen molar-refractivity contribution in [1.29, 1.82) is 0 Å². The van der Waals surface area contributed by atoms with Crippen LogP contribution in [0.4, 0.5) is 0 Å². The van der Waals surface area contributed by atoms with Crippen LogP contribution < -0.4 is 0 Å². The molecular weight excluding hydrogens is 569 g/mol. The lowest BCUT2D eigenvalue weighted by atomic mass is 9.86. The molecule has 13 heteroatoms. The van der Waals surface area contributed by atoms with Crippen LogP contribution in [0.2, 0.25) is 52.4 Å². The fourth-order valence-corrected chi connectivity index (χ4v) is 27.5. The molecule has 0 atom stereocenters. The standard InChI is InChI=1S/C23H52O6Si7/c1-16-17(2)19(4)23(20(5)18(16)3)21(6)22(7)33(8,9)27-35(12,13)29-36(14,15)28-34(10,11)26-32-25-31-24-30/h31-32H2,1-15,30H3. The highest BCUT2D eigenvalue weighted by atomic mass is 28.5. The van der Waals surface area contributed by atoms with Gasteiger partial charge < -0.3 is 24.7 Å². The number of benzene rings is 1. The van der Waals surface area contributed by atoms with Crippen molar-refractivity contribution in [3.05, 3.63) is 38.6 Å². The van der Waals surface area contributed by atoms with E-state index in [4.69, 9.17) is 24.7 Å². The Morgan fingerprint density at radius 2 is 1.03 bits per heavy atom. The third-order valence-corrected chi connectivity index (χ3v) is 26.6. The van der Waals surface area contributed by atoms with Crippen LogP contribution in [-0.4, -0.2) is 64.5 Å². The lowest BCUT2D eigenvalue weighted by molar-refractivity contribution is 0.294. The summed E-state index contributed by atoms with van der Waals surface area (Å²) in [7, 11) is -10.7. The minimum Gasteiger partial charge on any atom is -0.449 e. The molecule has 0 aliphatic rings. The summed E-state index contributed by atoms with van der Waals surface area (Å²) in [5.41, 5.74) is 9.65. The first-order valence-corrected chi connectivity index (χ1v) is 27.2. The summed E-state index contributed by atoms with van der Waals surface area (Å²) < 4.78 is 37.1. The third-order valence-electron chi connectivity index (χ3n) is 7.02. The molecule has 0 radical (unpaired) electrons. The van der Waals surface area contributed by atoms with Gasteiger partial charge >= 0.3 is 25.7 Å². The summed E-state index contributed by atoms with van der Waals surface area (Å²) in [6, 6.07) is 0. The van der Waals surface area contributed by atoms with Crippen molar-refractivity contribution in [1.82, 2.24) is 0 Å². The van der Waals surface area contributed by atoms with E-state index in [9.17, 15) is 0 Å². The van der Waals surface area contributed by atoms with Crippen LogP contribution in [0.15, 0.2) is 5.20 Å². The Morgan fingerprint density at radius 1 is 0.611 bits per heavy atom. The quantitative estimate of drug-likeness (QED) is 0.243. The van der Waals surface area contributed by atoms with E-state index < -0.39 is 54.0 Å². The van der Waals surface area contributed by atoms with Crippen LogP contribution in [0.25, 0.3) is 5.57 Å². The van der Waals surface area contributed by atoms with Gasteiger partial charge in [-0.3, -0.25) is 0 Å². The van der Waals surface area contributed by atoms with Crippen molar-refractivity contribution in [3.63, 3.8) is 0 Å². The largest absolute Gasteiger partial charge is 0.449 e. The number of rotatable bonds is 13. The molecule has 0 saturated heterocycles. The van der Waals surface area contributed by atoms with E-state index in [2.05, 4.69) is 101 Å². The maximum atomic E-state index is 6.96. The van der Waals surface area contributed by atoms with Gasteiger partial charge in [-0.1, -0.05) is 5.20 Å². The normalized spacial score (nSPS) is 15.1. The molecular formula is C23H52O6Si7. The van der Waals surface area contributed by atoms with Crippen LogP contribution in [0.3, 0.4) is 0 Å². The minimum absolute atomic E-state index is 0.728. The molecule has 0 amide bonds. The second-order valence-corrected chi connectivity index (χ2v) is 31.8. The molecule has 0 N–H and O–H groups in total. The first-order valence-electron chi connectivity index (χ1n) is 12.7. The van der Waals surface area contributed by atoms with Gasteiger partial charge in [0.25, 0.3) is 20.0 Å². The average Bonchev–Trinajstić information content (AvgIpc) is 2.70. The maximum absolute atomic E-state index is 6.96. The molecule has 1 aromatic carbocycles. The Hall–Kier alpha value is 0.238. The van der Waals surface area contributed by atoms with Gasteiger partial charge in [-0.2, -0.15) is 0 Å². The predicted molar refractivity (Wildman–Crippen MR) is 172 cm³/mol. The van der Waals surface area contributed by atoms with Crippen molar-refractivity contribution in [2.75, 3.05) is 0 Å². The minimum atomic E-state index is -2.48. The van der Waals surface area contributed by atoms with Gasteiger partial charge in [0.2, 0.25) is 8.32 Å². The first kappa shape index (κ1) is 34.3. The zero-order valence-electron chi connectivity index (χ0n) is 25.9. The SMILES string of the molecule is CC(=C(C)[Si](C)(C)O[Si](C)(C)O[Si](C)(C)O[Si](C)(C)O[SiH2]O[SiH2]O[SiH3])c1c(C)c(C)c(C)c(C)c1C. The molecule has 0 aliphatic carbocycles. The van der Waals surface area contributed by atoms with Crippen molar-refractivity contribution < 1.29 is 24.7 Å². The Kier molecular flexibility index (Phi) is 12.4. The highest BCUT2D eigenvalue weighted by molar-refractivity contribution is 6.91. The van der Waals surface area contributed by atoms with E-state index in [1.54, 1.807) is 0 Å². The molecule has 0 bridgehead atoms. The van der Waals surface area contributed by atoms with Crippen LogP contribution in [0, 0.1) is 34.6 Å². The highest BCUT2D eigenvalue weighted by Gasteiger charge is 2.44. The summed E-state index contributed by atoms with van der Waals surface area (Å²) in [5, 5.41) is 1.37. The van der Waals surface area contributed by atoms with Gasteiger partial charge in [-0.05, 0) is 140 Å². The van der Waals surface area contributed by atoms with Crippen molar-refractivity contribution >= 4 is 70.1 Å². The second kappa shape index (κ2) is 13.1. The van der Waals surface area contributed by atoms with E-state index in [1.807, 2.05) is 0 Å². The van der Waals surface area contributed by atoms with Gasteiger partial charge in [0, 0.05) is 0 Å². The molecule has 0 fully saturated rings. The number of allylic oxidation sites excluding steroid dienone is 2. The molecule has 6 nitrogen and oxygen atoms in total. The fourth-order valence-electron chi connectivity index (χ4n) is 4.95. The summed E-state index contributed by atoms with van der Waals surface area (Å²) in [6.45, 7) is 33.0. The van der Waals surface area contributed by atoms with E-state index in [0.29, 0.717) is 0 Å². The number of hydrogen-bond acceptors (Lipinski definition) is 6. The van der Waals surface area contributed by atoms with Crippen LogP contribution >= 0.6 is 0 Å². The van der Waals surface area contributed by atoms with Crippen LogP contribution in [-0.2, 0) is 24.7 Å². The van der Waals surface area contributed by atoms with E-state index >= 15 is 0 Å². The molecule has 1 rings (SSSR count). The molecule has 208 valence electrons. The summed E-state index contributed by atoms with van der Waals surface area (Å²) in [5.74, 6) is 0. The smallest absolute Gasteiger partial charge is 0.314 e. The third kappa shape index (κ3) is 9.46. The van der Waals surface area contributed by atoms with E-state index in [-0.39, 0.29) is 0 Å². The molecule has 0 aliphatic heterocycles. The molecule has 0 unspecified atom stereocenters. The van der Waals surface area contributed by atoms with Crippen molar-refractivity contribution in [2.24, 2.45) is 0 Å². The van der Waals surface area contributed by atoms with Crippen molar-refractivity contribution in [2.45, 2.75) is 101 Å². The van der Waals surface area contributed by atoms with Crippen LogP contribution in [0.5, 0.6) is 0 Å². The van der Waals surface area contributed by atoms with E-state index in [0.717, 1.165) is 10.5 Å². The first-order chi connectivity index (χ1) is 16.2. The van der Waals surface area contributed by atoms with Gasteiger partial charge in [0.15, 0.2) is 0 Å². The summed E-state index contributed by atoms with van der Waals surface area (Å²) in [4.78, 5) is 0. The lowest BCUT2D eigenvalue weighted by Crippen LogP contribution is -2.57. The maximum Gasteiger partial charge on any atom is 0.314 e. The molecule has 1 aromatic rings. The Labute approximate surface area is 233 Å². The summed E-state index contributed by atoms with van der Waals surface area (Å²) >= 11 is 0. The monoisotopic (exact) mass is 620 g/mol. The average molecular weight is 621 g/mol. The van der Waals surface area contributed by atoms with Gasteiger partial charge in [0.05, 0.1) is 0 Å². The van der Waals surface area contributed by atoms with E-state index in [1.165, 1.54) is 44.2 Å². The second-order valence-electron chi connectivity index (χ2n) is 11.6. The Bertz CT molecular complexity index is 932. The molecule has 0 heterocycles. The molecule has 0 spiro atoms. The van der Waals surface area contributed by atoms with Crippen LogP contribution in [0.1, 0.15) is 47.2 Å². The van der Waals surface area contributed by atoms with Crippen molar-refractivity contribution in [3.8, 4) is 0 Å². The summed E-state index contributed by atoms with van der Waals surface area (Å²) in [6.07, 6.45) is 0. The van der Waals surface area contributed by atoms with Gasteiger partial charge in [-0.25, -0.2) is 0 Å². The predicted octanol–water partition coefficient (Wildman–Crippen LogP) is 4.25.